The van der Waals surface area contributed by atoms with Crippen molar-refractivity contribution in [3.63, 3.8) is 0 Å². The number of Topliss-reactive ketones (excluding diaryl/α,β-unsaturated/α-hetero) is 1. The second kappa shape index (κ2) is 3.28. The average molecular weight is 152 g/mol. The standard InChI is InChI=1S/C9H9FO/c1-7(10)9(11)8-5-3-2-4-6-8/h2-7H,1H3/t7-/m1/s1. The second-order valence-electron chi connectivity index (χ2n) is 2.35. The molecule has 11 heavy (non-hydrogen) atoms. The van der Waals surface area contributed by atoms with Gasteiger partial charge in [-0.05, 0) is 6.92 Å². The van der Waals surface area contributed by atoms with Crippen LogP contribution in [0.25, 0.3) is 0 Å². The molecule has 0 unspecified atom stereocenters. The summed E-state index contributed by atoms with van der Waals surface area (Å²) in [6.07, 6.45) is -1.41. The third kappa shape index (κ3) is 1.87. The van der Waals surface area contributed by atoms with Crippen molar-refractivity contribution in [1.82, 2.24) is 0 Å². The van der Waals surface area contributed by atoms with Crippen LogP contribution in [-0.4, -0.2) is 12.0 Å². The van der Waals surface area contributed by atoms with E-state index in [-0.39, 0.29) is 0 Å². The minimum Gasteiger partial charge on any atom is -0.291 e. The molecule has 1 aromatic rings. The van der Waals surface area contributed by atoms with Gasteiger partial charge in [-0.2, -0.15) is 0 Å². The maximum atomic E-state index is 12.4. The molecular formula is C9H9FO. The normalized spacial score (nSPS) is 12.5. The Bertz CT molecular complexity index is 241. The molecule has 0 bridgehead atoms. The van der Waals surface area contributed by atoms with Gasteiger partial charge in [-0.3, -0.25) is 4.79 Å². The molecule has 0 aliphatic carbocycles. The summed E-state index contributed by atoms with van der Waals surface area (Å²) < 4.78 is 12.4. The lowest BCUT2D eigenvalue weighted by atomic mass is 10.1. The molecule has 0 amide bonds. The van der Waals surface area contributed by atoms with Gasteiger partial charge in [-0.1, -0.05) is 30.3 Å². The first-order valence-electron chi connectivity index (χ1n) is 3.45. The van der Waals surface area contributed by atoms with Crippen LogP contribution in [0.1, 0.15) is 17.3 Å². The summed E-state index contributed by atoms with van der Waals surface area (Å²) in [5.74, 6) is -0.453. The lowest BCUT2D eigenvalue weighted by Crippen LogP contribution is -2.10. The molecule has 0 spiro atoms. The topological polar surface area (TPSA) is 17.1 Å². The van der Waals surface area contributed by atoms with Crippen molar-refractivity contribution in [1.29, 1.82) is 0 Å². The van der Waals surface area contributed by atoms with Gasteiger partial charge in [0.2, 0.25) is 0 Å². The van der Waals surface area contributed by atoms with Crippen molar-refractivity contribution in [2.24, 2.45) is 0 Å². The number of benzene rings is 1. The van der Waals surface area contributed by atoms with E-state index in [1.54, 1.807) is 30.3 Å². The summed E-state index contributed by atoms with van der Waals surface area (Å²) in [4.78, 5) is 11.0. The van der Waals surface area contributed by atoms with Crippen molar-refractivity contribution in [3.8, 4) is 0 Å². The Morgan fingerprint density at radius 1 is 1.36 bits per heavy atom. The van der Waals surface area contributed by atoms with E-state index in [1.807, 2.05) is 0 Å². The maximum Gasteiger partial charge on any atom is 0.196 e. The number of halogens is 1. The molecule has 0 saturated heterocycles. The third-order valence-corrected chi connectivity index (χ3v) is 1.42. The molecule has 0 aliphatic heterocycles. The fraction of sp³-hybridized carbons (Fsp3) is 0.222. The molecule has 0 N–H and O–H groups in total. The summed E-state index contributed by atoms with van der Waals surface area (Å²) in [6.45, 7) is 1.25. The van der Waals surface area contributed by atoms with Crippen LogP contribution >= 0.6 is 0 Å². The minimum absolute atomic E-state index is 0.433. The predicted octanol–water partition coefficient (Wildman–Crippen LogP) is 2.23. The molecule has 0 radical (unpaired) electrons. The van der Waals surface area contributed by atoms with E-state index in [2.05, 4.69) is 0 Å². The average Bonchev–Trinajstić information content (AvgIpc) is 2.05. The van der Waals surface area contributed by atoms with Crippen LogP contribution in [0, 0.1) is 0 Å². The molecule has 1 rings (SSSR count). The quantitative estimate of drug-likeness (QED) is 0.594. The van der Waals surface area contributed by atoms with Crippen LogP contribution < -0.4 is 0 Å². The molecule has 1 atom stereocenters. The van der Waals surface area contributed by atoms with E-state index < -0.39 is 12.0 Å². The first-order chi connectivity index (χ1) is 5.22. The number of hydrogen-bond donors (Lipinski definition) is 0. The van der Waals surface area contributed by atoms with Crippen LogP contribution in [-0.2, 0) is 0 Å². The fourth-order valence-electron chi connectivity index (χ4n) is 0.832. The summed E-state index contributed by atoms with van der Waals surface area (Å²) in [5, 5.41) is 0. The molecule has 58 valence electrons. The summed E-state index contributed by atoms with van der Waals surface area (Å²) in [5.41, 5.74) is 0.433. The Balaban J connectivity index is 2.86. The highest BCUT2D eigenvalue weighted by Crippen LogP contribution is 2.04. The maximum absolute atomic E-state index is 12.4. The van der Waals surface area contributed by atoms with E-state index in [0.29, 0.717) is 5.56 Å². The summed E-state index contributed by atoms with van der Waals surface area (Å²) in [7, 11) is 0. The van der Waals surface area contributed by atoms with Gasteiger partial charge in [-0.15, -0.1) is 0 Å². The highest BCUT2D eigenvalue weighted by atomic mass is 19.1. The van der Waals surface area contributed by atoms with Crippen molar-refractivity contribution < 1.29 is 9.18 Å². The van der Waals surface area contributed by atoms with Gasteiger partial charge in [0, 0.05) is 5.56 Å². The van der Waals surface area contributed by atoms with E-state index in [9.17, 15) is 9.18 Å². The first-order valence-corrected chi connectivity index (χ1v) is 3.45. The Morgan fingerprint density at radius 3 is 2.36 bits per heavy atom. The number of ketones is 1. The largest absolute Gasteiger partial charge is 0.291 e. The smallest absolute Gasteiger partial charge is 0.196 e. The summed E-state index contributed by atoms with van der Waals surface area (Å²) >= 11 is 0. The van der Waals surface area contributed by atoms with Crippen LogP contribution in [0.15, 0.2) is 30.3 Å². The highest BCUT2D eigenvalue weighted by Gasteiger charge is 2.11. The van der Waals surface area contributed by atoms with Gasteiger partial charge in [0.05, 0.1) is 0 Å². The zero-order valence-corrected chi connectivity index (χ0v) is 6.25. The molecule has 0 heterocycles. The van der Waals surface area contributed by atoms with E-state index in [0.717, 1.165) is 0 Å². The SMILES string of the molecule is C[C@@H](F)C(=O)c1ccccc1. The molecule has 2 heteroatoms. The Labute approximate surface area is 64.9 Å². The molecule has 1 nitrogen and oxygen atoms in total. The zero-order chi connectivity index (χ0) is 8.27. The van der Waals surface area contributed by atoms with Crippen LogP contribution in [0.5, 0.6) is 0 Å². The van der Waals surface area contributed by atoms with Gasteiger partial charge >= 0.3 is 0 Å². The van der Waals surface area contributed by atoms with Gasteiger partial charge in [0.25, 0.3) is 0 Å². The van der Waals surface area contributed by atoms with Crippen LogP contribution in [0.4, 0.5) is 4.39 Å². The number of alkyl halides is 1. The Hall–Kier alpha value is -1.18. The zero-order valence-electron chi connectivity index (χ0n) is 6.25. The first kappa shape index (κ1) is 7.92. The highest BCUT2D eigenvalue weighted by molar-refractivity contribution is 5.99. The molecule has 1 aromatic carbocycles. The fourth-order valence-corrected chi connectivity index (χ4v) is 0.832. The summed E-state index contributed by atoms with van der Waals surface area (Å²) in [6, 6.07) is 8.45. The Morgan fingerprint density at radius 2 is 1.91 bits per heavy atom. The number of carbonyl (C=O) groups is 1. The van der Waals surface area contributed by atoms with Crippen LogP contribution in [0.2, 0.25) is 0 Å². The number of carbonyl (C=O) groups excluding carboxylic acids is 1. The lowest BCUT2D eigenvalue weighted by molar-refractivity contribution is 0.0893. The molecule has 0 aromatic heterocycles. The second-order valence-corrected chi connectivity index (χ2v) is 2.35. The van der Waals surface area contributed by atoms with E-state index in [1.165, 1.54) is 6.92 Å². The van der Waals surface area contributed by atoms with Crippen molar-refractivity contribution in [2.75, 3.05) is 0 Å². The third-order valence-electron chi connectivity index (χ3n) is 1.42. The van der Waals surface area contributed by atoms with Crippen LogP contribution in [0.3, 0.4) is 0 Å². The monoisotopic (exact) mass is 152 g/mol. The van der Waals surface area contributed by atoms with Gasteiger partial charge in [0.1, 0.15) is 0 Å². The van der Waals surface area contributed by atoms with Crippen molar-refractivity contribution >= 4 is 5.78 Å². The molecule has 0 aliphatic rings. The van der Waals surface area contributed by atoms with Gasteiger partial charge in [-0.25, -0.2) is 4.39 Å². The number of hydrogen-bond acceptors (Lipinski definition) is 1. The minimum atomic E-state index is -1.41. The molecule has 0 saturated carbocycles. The van der Waals surface area contributed by atoms with Crippen molar-refractivity contribution in [2.45, 2.75) is 13.1 Å². The molecule has 0 fully saturated rings. The van der Waals surface area contributed by atoms with E-state index in [4.69, 9.17) is 0 Å². The lowest BCUT2D eigenvalue weighted by Gasteiger charge is -1.99. The predicted molar refractivity (Wildman–Crippen MR) is 41.3 cm³/mol. The van der Waals surface area contributed by atoms with Gasteiger partial charge < -0.3 is 0 Å². The Kier molecular flexibility index (Phi) is 2.36. The van der Waals surface area contributed by atoms with Gasteiger partial charge in [0.15, 0.2) is 12.0 Å². The molecular weight excluding hydrogens is 143 g/mol. The van der Waals surface area contributed by atoms with E-state index >= 15 is 0 Å². The van der Waals surface area contributed by atoms with Crippen molar-refractivity contribution in [3.05, 3.63) is 35.9 Å². The number of rotatable bonds is 2.